The zero-order valence-corrected chi connectivity index (χ0v) is 21.6. The van der Waals surface area contributed by atoms with Gasteiger partial charge in [-0.3, -0.25) is 4.18 Å². The molecule has 0 saturated heterocycles. The summed E-state index contributed by atoms with van der Waals surface area (Å²) in [5, 5.41) is 0.00391. The van der Waals surface area contributed by atoms with Crippen molar-refractivity contribution in [3.63, 3.8) is 0 Å². The highest BCUT2D eigenvalue weighted by molar-refractivity contribution is 7.86. The molecule has 0 aliphatic heterocycles. The summed E-state index contributed by atoms with van der Waals surface area (Å²) in [6.07, 6.45) is 3.73. The van der Waals surface area contributed by atoms with Gasteiger partial charge in [-0.15, -0.1) is 0 Å². The third-order valence-corrected chi connectivity index (χ3v) is 11.7. The predicted molar refractivity (Wildman–Crippen MR) is 131 cm³/mol. The van der Waals surface area contributed by atoms with E-state index < -0.39 is 18.4 Å². The molecular weight excluding hydrogens is 424 g/mol. The summed E-state index contributed by atoms with van der Waals surface area (Å²) in [4.78, 5) is 0.164. The van der Waals surface area contributed by atoms with Crippen LogP contribution in [0.15, 0.2) is 65.6 Å². The normalized spacial score (nSPS) is 15.2. The minimum atomic E-state index is -3.85. The Hall–Kier alpha value is -1.73. The average Bonchev–Trinajstić information content (AvgIpc) is 2.69. The van der Waals surface area contributed by atoms with Crippen LogP contribution in [0.5, 0.6) is 0 Å². The van der Waals surface area contributed by atoms with Crippen LogP contribution in [0.4, 0.5) is 0 Å². The first-order chi connectivity index (χ1) is 14.3. The van der Waals surface area contributed by atoms with Gasteiger partial charge < -0.3 is 4.43 Å². The Labute approximate surface area is 189 Å². The van der Waals surface area contributed by atoms with Gasteiger partial charge in [0.15, 0.2) is 8.32 Å². The van der Waals surface area contributed by atoms with Crippen molar-refractivity contribution >= 4 is 24.5 Å². The number of aryl methyl sites for hydroxylation is 1. The van der Waals surface area contributed by atoms with Crippen LogP contribution >= 0.6 is 0 Å². The summed E-state index contributed by atoms with van der Waals surface area (Å²) in [5.74, 6) is -0.0254. The van der Waals surface area contributed by atoms with Crippen molar-refractivity contribution in [1.29, 1.82) is 0 Å². The summed E-state index contributed by atoms with van der Waals surface area (Å²) < 4.78 is 37.5. The van der Waals surface area contributed by atoms with E-state index in [0.717, 1.165) is 11.1 Å². The fraction of sp³-hybridized carbons (Fsp3) is 0.440. The van der Waals surface area contributed by atoms with Crippen LogP contribution in [-0.4, -0.2) is 29.4 Å². The second-order valence-corrected chi connectivity index (χ2v) is 16.0. The van der Waals surface area contributed by atoms with Crippen molar-refractivity contribution in [2.75, 3.05) is 6.61 Å². The number of rotatable bonds is 9. The molecule has 6 heteroatoms. The quantitative estimate of drug-likeness (QED) is 0.319. The van der Waals surface area contributed by atoms with Gasteiger partial charge in [-0.05, 0) is 42.8 Å². The summed E-state index contributed by atoms with van der Waals surface area (Å²) >= 11 is 0. The van der Waals surface area contributed by atoms with Crippen LogP contribution < -0.4 is 0 Å². The molecule has 0 radical (unpaired) electrons. The predicted octanol–water partition coefficient (Wildman–Crippen LogP) is 6.44. The molecule has 2 rings (SSSR count). The molecule has 2 aromatic rings. The average molecular weight is 461 g/mol. The molecule has 31 heavy (non-hydrogen) atoms. The maximum Gasteiger partial charge on any atom is 0.297 e. The maximum absolute atomic E-state index is 12.7. The molecule has 0 fully saturated rings. The third-order valence-electron chi connectivity index (χ3n) is 5.93. The summed E-state index contributed by atoms with van der Waals surface area (Å²) in [5.41, 5.74) is 2.09. The maximum atomic E-state index is 12.7. The van der Waals surface area contributed by atoms with E-state index in [2.05, 4.69) is 39.9 Å². The van der Waals surface area contributed by atoms with Crippen LogP contribution in [0, 0.1) is 12.8 Å². The zero-order valence-electron chi connectivity index (χ0n) is 19.8. The molecule has 2 atom stereocenters. The van der Waals surface area contributed by atoms with E-state index in [-0.39, 0.29) is 28.6 Å². The van der Waals surface area contributed by atoms with Crippen molar-refractivity contribution in [2.24, 2.45) is 5.92 Å². The van der Waals surface area contributed by atoms with Gasteiger partial charge in [-0.25, -0.2) is 0 Å². The Balaban J connectivity index is 2.22. The lowest BCUT2D eigenvalue weighted by molar-refractivity contribution is 0.0906. The molecule has 0 spiro atoms. The van der Waals surface area contributed by atoms with Gasteiger partial charge in [-0.1, -0.05) is 87.9 Å². The molecule has 0 N–H and O–H groups in total. The van der Waals surface area contributed by atoms with E-state index in [4.69, 9.17) is 8.61 Å². The number of hydrogen-bond donors (Lipinski definition) is 0. The molecule has 4 nitrogen and oxygen atoms in total. The van der Waals surface area contributed by atoms with Crippen LogP contribution in [0.2, 0.25) is 18.1 Å². The van der Waals surface area contributed by atoms with Gasteiger partial charge in [0.05, 0.1) is 17.6 Å². The van der Waals surface area contributed by atoms with Crippen LogP contribution in [0.3, 0.4) is 0 Å². The van der Waals surface area contributed by atoms with E-state index in [0.29, 0.717) is 0 Å². The molecule has 2 aromatic carbocycles. The fourth-order valence-corrected chi connectivity index (χ4v) is 5.04. The van der Waals surface area contributed by atoms with E-state index >= 15 is 0 Å². The Kier molecular flexibility index (Phi) is 8.45. The Morgan fingerprint density at radius 3 is 2.13 bits per heavy atom. The molecule has 0 amide bonds. The van der Waals surface area contributed by atoms with E-state index in [1.54, 1.807) is 24.3 Å². The minimum absolute atomic E-state index is 0.00391. The second kappa shape index (κ2) is 10.3. The first kappa shape index (κ1) is 25.5. The highest BCUT2D eigenvalue weighted by atomic mass is 32.2. The second-order valence-electron chi connectivity index (χ2n) is 9.60. The zero-order chi connectivity index (χ0) is 23.3. The number of benzene rings is 2. The Morgan fingerprint density at radius 2 is 1.58 bits per heavy atom. The molecular formula is C25H36O4SSi. The molecule has 170 valence electrons. The van der Waals surface area contributed by atoms with E-state index in [1.165, 1.54) is 0 Å². The minimum Gasteiger partial charge on any atom is -0.411 e. The smallest absolute Gasteiger partial charge is 0.297 e. The van der Waals surface area contributed by atoms with Gasteiger partial charge in [-0.2, -0.15) is 8.42 Å². The van der Waals surface area contributed by atoms with Gasteiger partial charge in [0.2, 0.25) is 0 Å². The molecule has 0 heterocycles. The fourth-order valence-electron chi connectivity index (χ4n) is 2.73. The van der Waals surface area contributed by atoms with E-state index in [1.807, 2.05) is 50.3 Å². The molecule has 0 aliphatic carbocycles. The molecule has 0 bridgehead atoms. The lowest BCUT2D eigenvalue weighted by atomic mass is 10.0. The SMILES string of the molecule is Cc1ccc(S(=O)(=O)OC[C@H](O[Si](C)(C)C(C)(C)C)[C@H](C)C=Cc2ccccc2)cc1. The first-order valence-corrected chi connectivity index (χ1v) is 15.0. The van der Waals surface area contributed by atoms with Crippen molar-refractivity contribution < 1.29 is 17.0 Å². The highest BCUT2D eigenvalue weighted by Crippen LogP contribution is 2.38. The Morgan fingerprint density at radius 1 is 1.00 bits per heavy atom. The van der Waals surface area contributed by atoms with Gasteiger partial charge in [0.1, 0.15) is 0 Å². The summed E-state index contributed by atoms with van der Waals surface area (Å²) in [6.45, 7) is 14.8. The lowest BCUT2D eigenvalue weighted by Gasteiger charge is -2.40. The highest BCUT2D eigenvalue weighted by Gasteiger charge is 2.40. The van der Waals surface area contributed by atoms with Gasteiger partial charge >= 0.3 is 0 Å². The summed E-state index contributed by atoms with van der Waals surface area (Å²) in [7, 11) is -5.98. The van der Waals surface area contributed by atoms with E-state index in [9.17, 15) is 8.42 Å². The molecule has 0 aliphatic rings. The molecule has 0 saturated carbocycles. The van der Waals surface area contributed by atoms with Crippen molar-refractivity contribution in [3.8, 4) is 0 Å². The lowest BCUT2D eigenvalue weighted by Crippen LogP contribution is -2.46. The van der Waals surface area contributed by atoms with Crippen LogP contribution in [-0.2, 0) is 18.7 Å². The molecule has 0 unspecified atom stereocenters. The van der Waals surface area contributed by atoms with Crippen LogP contribution in [0.25, 0.3) is 6.08 Å². The number of hydrogen-bond acceptors (Lipinski definition) is 4. The monoisotopic (exact) mass is 460 g/mol. The van der Waals surface area contributed by atoms with Crippen molar-refractivity contribution in [1.82, 2.24) is 0 Å². The van der Waals surface area contributed by atoms with Gasteiger partial charge in [0.25, 0.3) is 10.1 Å². The summed E-state index contributed by atoms with van der Waals surface area (Å²) in [6, 6.07) is 16.7. The largest absolute Gasteiger partial charge is 0.411 e. The molecule has 0 aromatic heterocycles. The topological polar surface area (TPSA) is 52.6 Å². The van der Waals surface area contributed by atoms with Crippen molar-refractivity contribution in [3.05, 3.63) is 71.8 Å². The first-order valence-electron chi connectivity index (χ1n) is 10.7. The van der Waals surface area contributed by atoms with Crippen molar-refractivity contribution in [2.45, 2.75) is 63.8 Å². The Bertz CT molecular complexity index is 959. The third kappa shape index (κ3) is 7.42. The van der Waals surface area contributed by atoms with Crippen LogP contribution in [0.1, 0.15) is 38.8 Å². The standard InChI is InChI=1S/C25H36O4SSi/c1-20-13-17-23(18-14-20)30(26,27)28-19-24(29-31(6,7)25(3,4)5)21(2)15-16-22-11-9-8-10-12-22/h8-18,21,24H,19H2,1-7H3/t21-,24+/m1/s1. The van der Waals surface area contributed by atoms with Gasteiger partial charge in [0, 0.05) is 5.92 Å².